The Bertz CT molecular complexity index is 488. The maximum Gasteiger partial charge on any atom is 0.137 e. The van der Waals surface area contributed by atoms with Crippen molar-refractivity contribution in [2.75, 3.05) is 0 Å². The minimum absolute atomic E-state index is 0.406. The van der Waals surface area contributed by atoms with Gasteiger partial charge >= 0.3 is 0 Å². The molecule has 0 bridgehead atoms. The summed E-state index contributed by atoms with van der Waals surface area (Å²) in [6.07, 6.45) is 9.78. The van der Waals surface area contributed by atoms with Gasteiger partial charge in [0, 0.05) is 18.6 Å². The quantitative estimate of drug-likeness (QED) is 0.877. The van der Waals surface area contributed by atoms with E-state index in [9.17, 15) is 0 Å². The maximum absolute atomic E-state index is 4.19. The van der Waals surface area contributed by atoms with Crippen LogP contribution in [0.3, 0.4) is 0 Å². The summed E-state index contributed by atoms with van der Waals surface area (Å²) < 4.78 is 1.91. The molecule has 1 heterocycles. The van der Waals surface area contributed by atoms with Gasteiger partial charge in [0.15, 0.2) is 0 Å². The molecule has 1 aromatic carbocycles. The Labute approximate surface area is 120 Å². The zero-order valence-electron chi connectivity index (χ0n) is 11.8. The molecule has 1 saturated carbocycles. The van der Waals surface area contributed by atoms with Gasteiger partial charge in [0.1, 0.15) is 12.7 Å². The normalized spacial score (nSPS) is 17.4. The Balaban J connectivity index is 1.65. The van der Waals surface area contributed by atoms with Crippen molar-refractivity contribution < 1.29 is 0 Å². The molecule has 1 aliphatic carbocycles. The highest BCUT2D eigenvalue weighted by atomic mass is 15.3. The van der Waals surface area contributed by atoms with E-state index in [0.29, 0.717) is 12.1 Å². The molecule has 0 saturated heterocycles. The molecule has 1 aromatic heterocycles. The van der Waals surface area contributed by atoms with Crippen molar-refractivity contribution in [1.82, 2.24) is 20.1 Å². The third-order valence-electron chi connectivity index (χ3n) is 4.11. The third kappa shape index (κ3) is 3.45. The predicted octanol–water partition coefficient (Wildman–Crippen LogP) is 2.94. The van der Waals surface area contributed by atoms with E-state index in [1.165, 1.54) is 31.2 Å². The average Bonchev–Trinajstić information content (AvgIpc) is 3.18. The summed E-state index contributed by atoms with van der Waals surface area (Å²) in [4.78, 5) is 4.01. The van der Waals surface area contributed by atoms with Gasteiger partial charge in [-0.05, 0) is 24.8 Å². The number of benzene rings is 1. The van der Waals surface area contributed by atoms with E-state index in [-0.39, 0.29) is 0 Å². The fraction of sp³-hybridized carbons (Fsp3) is 0.500. The van der Waals surface area contributed by atoms with E-state index >= 15 is 0 Å². The van der Waals surface area contributed by atoms with Crippen LogP contribution >= 0.6 is 0 Å². The molecule has 1 N–H and O–H groups in total. The topological polar surface area (TPSA) is 42.7 Å². The molecule has 0 amide bonds. The summed E-state index contributed by atoms with van der Waals surface area (Å²) in [5, 5.41) is 8.02. The summed E-state index contributed by atoms with van der Waals surface area (Å²) in [7, 11) is 0. The maximum atomic E-state index is 4.19. The summed E-state index contributed by atoms with van der Waals surface area (Å²) in [6, 6.07) is 11.8. The molecule has 20 heavy (non-hydrogen) atoms. The standard InChI is InChI=1S/C16H22N4/c1-2-6-14(7-3-1)16(19-15-8-4-5-9-15)10-11-20-13-17-12-18-20/h1-3,6-7,12-13,15-16,19H,4-5,8-11H2/t16-/m0/s1. The third-order valence-corrected chi connectivity index (χ3v) is 4.11. The number of nitrogens with zero attached hydrogens (tertiary/aromatic N) is 3. The Morgan fingerprint density at radius 3 is 2.70 bits per heavy atom. The molecule has 0 radical (unpaired) electrons. The van der Waals surface area contributed by atoms with Crippen LogP contribution in [0.1, 0.15) is 43.7 Å². The largest absolute Gasteiger partial charge is 0.307 e. The summed E-state index contributed by atoms with van der Waals surface area (Å²) in [5.41, 5.74) is 1.37. The van der Waals surface area contributed by atoms with Crippen LogP contribution in [0.4, 0.5) is 0 Å². The summed E-state index contributed by atoms with van der Waals surface area (Å²) >= 11 is 0. The van der Waals surface area contributed by atoms with E-state index in [1.54, 1.807) is 12.7 Å². The van der Waals surface area contributed by atoms with Crippen molar-refractivity contribution in [1.29, 1.82) is 0 Å². The molecular formula is C16H22N4. The van der Waals surface area contributed by atoms with E-state index < -0.39 is 0 Å². The lowest BCUT2D eigenvalue weighted by atomic mass is 10.0. The lowest BCUT2D eigenvalue weighted by Crippen LogP contribution is -2.31. The second kappa shape index (κ2) is 6.66. The Kier molecular flexibility index (Phi) is 4.43. The highest BCUT2D eigenvalue weighted by Crippen LogP contribution is 2.24. The van der Waals surface area contributed by atoms with Crippen molar-refractivity contribution >= 4 is 0 Å². The lowest BCUT2D eigenvalue weighted by Gasteiger charge is -2.23. The number of rotatable bonds is 6. The van der Waals surface area contributed by atoms with Gasteiger partial charge in [-0.2, -0.15) is 5.10 Å². The number of aryl methyl sites for hydroxylation is 1. The van der Waals surface area contributed by atoms with E-state index in [1.807, 2.05) is 4.68 Å². The van der Waals surface area contributed by atoms with Crippen molar-refractivity contribution in [3.63, 3.8) is 0 Å². The van der Waals surface area contributed by atoms with Gasteiger partial charge in [0.25, 0.3) is 0 Å². The van der Waals surface area contributed by atoms with E-state index in [0.717, 1.165) is 13.0 Å². The molecule has 2 aromatic rings. The Morgan fingerprint density at radius 2 is 2.00 bits per heavy atom. The van der Waals surface area contributed by atoms with Crippen molar-refractivity contribution in [2.24, 2.45) is 0 Å². The SMILES string of the molecule is c1ccc([C@H](CCn2cncn2)NC2CCCC2)cc1. The minimum Gasteiger partial charge on any atom is -0.307 e. The summed E-state index contributed by atoms with van der Waals surface area (Å²) in [5.74, 6) is 0. The zero-order chi connectivity index (χ0) is 13.6. The van der Waals surface area contributed by atoms with Crippen molar-refractivity contribution in [3.05, 3.63) is 48.5 Å². The highest BCUT2D eigenvalue weighted by molar-refractivity contribution is 5.19. The Hall–Kier alpha value is -1.68. The first-order valence-electron chi connectivity index (χ1n) is 7.55. The number of nitrogens with one attached hydrogen (secondary N) is 1. The first-order valence-corrected chi connectivity index (χ1v) is 7.55. The van der Waals surface area contributed by atoms with Crippen LogP contribution in [0, 0.1) is 0 Å². The molecule has 106 valence electrons. The number of hydrogen-bond acceptors (Lipinski definition) is 3. The van der Waals surface area contributed by atoms with Crippen LogP contribution in [-0.2, 0) is 6.54 Å². The first-order chi connectivity index (χ1) is 9.92. The van der Waals surface area contributed by atoms with Gasteiger partial charge < -0.3 is 5.32 Å². The average molecular weight is 270 g/mol. The Morgan fingerprint density at radius 1 is 1.20 bits per heavy atom. The van der Waals surface area contributed by atoms with Gasteiger partial charge in [-0.1, -0.05) is 43.2 Å². The second-order valence-electron chi connectivity index (χ2n) is 5.56. The van der Waals surface area contributed by atoms with Crippen LogP contribution in [-0.4, -0.2) is 20.8 Å². The molecule has 0 spiro atoms. The molecular weight excluding hydrogens is 248 g/mol. The molecule has 1 aliphatic rings. The fourth-order valence-electron chi connectivity index (χ4n) is 3.02. The van der Waals surface area contributed by atoms with Gasteiger partial charge in [0.2, 0.25) is 0 Å². The molecule has 4 heteroatoms. The van der Waals surface area contributed by atoms with E-state index in [4.69, 9.17) is 0 Å². The molecule has 4 nitrogen and oxygen atoms in total. The molecule has 0 aliphatic heterocycles. The van der Waals surface area contributed by atoms with Gasteiger partial charge in [0.05, 0.1) is 0 Å². The van der Waals surface area contributed by atoms with Gasteiger partial charge in [-0.25, -0.2) is 4.98 Å². The summed E-state index contributed by atoms with van der Waals surface area (Å²) in [6.45, 7) is 0.902. The zero-order valence-corrected chi connectivity index (χ0v) is 11.8. The van der Waals surface area contributed by atoms with Crippen molar-refractivity contribution in [3.8, 4) is 0 Å². The number of hydrogen-bond donors (Lipinski definition) is 1. The lowest BCUT2D eigenvalue weighted by molar-refractivity contribution is 0.393. The number of aromatic nitrogens is 3. The van der Waals surface area contributed by atoms with Crippen LogP contribution < -0.4 is 5.32 Å². The smallest absolute Gasteiger partial charge is 0.137 e. The van der Waals surface area contributed by atoms with Crippen LogP contribution in [0.2, 0.25) is 0 Å². The van der Waals surface area contributed by atoms with Gasteiger partial charge in [-0.3, -0.25) is 4.68 Å². The molecule has 1 fully saturated rings. The molecule has 0 unspecified atom stereocenters. The highest BCUT2D eigenvalue weighted by Gasteiger charge is 2.20. The minimum atomic E-state index is 0.406. The van der Waals surface area contributed by atoms with Crippen LogP contribution in [0.5, 0.6) is 0 Å². The fourth-order valence-corrected chi connectivity index (χ4v) is 3.02. The van der Waals surface area contributed by atoms with Crippen LogP contribution in [0.25, 0.3) is 0 Å². The molecule has 1 atom stereocenters. The van der Waals surface area contributed by atoms with Crippen molar-refractivity contribution in [2.45, 2.75) is 50.7 Å². The first kappa shape index (κ1) is 13.3. The monoisotopic (exact) mass is 270 g/mol. The molecule has 3 rings (SSSR count). The van der Waals surface area contributed by atoms with Crippen LogP contribution in [0.15, 0.2) is 43.0 Å². The van der Waals surface area contributed by atoms with Gasteiger partial charge in [-0.15, -0.1) is 0 Å². The second-order valence-corrected chi connectivity index (χ2v) is 5.56. The predicted molar refractivity (Wildman–Crippen MR) is 79.2 cm³/mol. The van der Waals surface area contributed by atoms with E-state index in [2.05, 4.69) is 45.7 Å².